The largest absolute Gasteiger partial charge is 0.348 e. The average Bonchev–Trinajstić information content (AvgIpc) is 2.41. The first-order valence-corrected chi connectivity index (χ1v) is 6.44. The number of amides is 1. The van der Waals surface area contributed by atoms with E-state index >= 15 is 0 Å². The van der Waals surface area contributed by atoms with Gasteiger partial charge in [-0.1, -0.05) is 6.92 Å². The molecular weight excluding hydrogens is 301 g/mol. The van der Waals surface area contributed by atoms with Crippen LogP contribution in [0, 0.1) is 21.8 Å². The Labute approximate surface area is 127 Å². The van der Waals surface area contributed by atoms with Crippen LogP contribution in [0.15, 0.2) is 18.2 Å². The third-order valence-corrected chi connectivity index (χ3v) is 3.55. The van der Waals surface area contributed by atoms with Gasteiger partial charge >= 0.3 is 0 Å². The number of rotatable bonds is 3. The highest BCUT2D eigenvalue weighted by Gasteiger charge is 2.24. The minimum atomic E-state index is -0.881. The number of halogens is 2. The summed E-state index contributed by atoms with van der Waals surface area (Å²) in [6.07, 6.45) is 0.938. The van der Waals surface area contributed by atoms with E-state index in [4.69, 9.17) is 0 Å². The molecule has 2 atom stereocenters. The van der Waals surface area contributed by atoms with Gasteiger partial charge in [0.1, 0.15) is 5.82 Å². The lowest BCUT2D eigenvalue weighted by Gasteiger charge is -2.30. The van der Waals surface area contributed by atoms with E-state index in [1.54, 1.807) is 0 Å². The summed E-state index contributed by atoms with van der Waals surface area (Å²) < 4.78 is 13.7. The molecule has 1 aromatic carbocycles. The SMILES string of the molecule is CC1CCNCC1NC(=O)c1ccc([N+](=O)[O-])cc1F.Cl. The van der Waals surface area contributed by atoms with Crippen molar-refractivity contribution in [1.29, 1.82) is 0 Å². The summed E-state index contributed by atoms with van der Waals surface area (Å²) in [4.78, 5) is 21.8. The summed E-state index contributed by atoms with van der Waals surface area (Å²) in [5.74, 6) is -1.12. The smallest absolute Gasteiger partial charge is 0.272 e. The number of nitrogens with one attached hydrogen (secondary N) is 2. The third kappa shape index (κ3) is 4.12. The summed E-state index contributed by atoms with van der Waals surface area (Å²) in [7, 11) is 0. The van der Waals surface area contributed by atoms with Crippen molar-refractivity contribution < 1.29 is 14.1 Å². The molecule has 1 aliphatic rings. The number of carbonyl (C=O) groups is 1. The molecule has 1 aromatic rings. The normalized spacial score (nSPS) is 21.2. The zero-order valence-electron chi connectivity index (χ0n) is 11.5. The number of hydrogen-bond acceptors (Lipinski definition) is 4. The van der Waals surface area contributed by atoms with E-state index in [0.717, 1.165) is 31.2 Å². The molecule has 116 valence electrons. The van der Waals surface area contributed by atoms with Crippen LogP contribution < -0.4 is 10.6 Å². The van der Waals surface area contributed by atoms with Crippen LogP contribution in [0.25, 0.3) is 0 Å². The number of nitro benzene ring substituents is 1. The molecule has 1 heterocycles. The van der Waals surface area contributed by atoms with E-state index < -0.39 is 16.6 Å². The van der Waals surface area contributed by atoms with Gasteiger partial charge in [0.2, 0.25) is 0 Å². The number of benzene rings is 1. The fraction of sp³-hybridized carbons (Fsp3) is 0.462. The zero-order valence-corrected chi connectivity index (χ0v) is 12.3. The first-order chi connectivity index (χ1) is 9.49. The van der Waals surface area contributed by atoms with E-state index in [1.165, 1.54) is 0 Å². The number of hydrogen-bond donors (Lipinski definition) is 2. The predicted octanol–water partition coefficient (Wildman–Crippen LogP) is 1.88. The number of carbonyl (C=O) groups excluding carboxylic acids is 1. The van der Waals surface area contributed by atoms with E-state index in [1.807, 2.05) is 6.92 Å². The number of nitrogens with zero attached hydrogens (tertiary/aromatic N) is 1. The Kier molecular flexibility index (Phi) is 6.04. The number of piperidine rings is 1. The summed E-state index contributed by atoms with van der Waals surface area (Å²) in [6.45, 7) is 3.57. The second kappa shape index (κ2) is 7.33. The second-order valence-electron chi connectivity index (χ2n) is 4.97. The lowest BCUT2D eigenvalue weighted by molar-refractivity contribution is -0.385. The van der Waals surface area contributed by atoms with Gasteiger partial charge in [-0.3, -0.25) is 14.9 Å². The standard InChI is InChI=1S/C13H16FN3O3.ClH/c1-8-4-5-15-7-12(8)16-13(18)10-3-2-9(17(19)20)6-11(10)14;/h2-3,6,8,12,15H,4-5,7H2,1H3,(H,16,18);1H. The second-order valence-corrected chi connectivity index (χ2v) is 4.97. The van der Waals surface area contributed by atoms with E-state index in [9.17, 15) is 19.3 Å². The molecule has 1 aliphatic heterocycles. The van der Waals surface area contributed by atoms with Gasteiger partial charge in [0.15, 0.2) is 0 Å². The number of non-ortho nitro benzene ring substituents is 1. The first kappa shape index (κ1) is 17.3. The van der Waals surface area contributed by atoms with Crippen molar-refractivity contribution in [3.63, 3.8) is 0 Å². The Morgan fingerprint density at radius 1 is 1.52 bits per heavy atom. The van der Waals surface area contributed by atoms with Crippen molar-refractivity contribution >= 4 is 24.0 Å². The molecule has 8 heteroatoms. The third-order valence-electron chi connectivity index (χ3n) is 3.55. The molecule has 0 radical (unpaired) electrons. The topological polar surface area (TPSA) is 84.3 Å². The summed E-state index contributed by atoms with van der Waals surface area (Å²) in [5.41, 5.74) is -0.542. The van der Waals surface area contributed by atoms with E-state index in [0.29, 0.717) is 12.5 Å². The molecule has 0 saturated carbocycles. The molecule has 1 fully saturated rings. The van der Waals surface area contributed by atoms with Crippen LogP contribution in [0.1, 0.15) is 23.7 Å². The highest BCUT2D eigenvalue weighted by atomic mass is 35.5. The maximum atomic E-state index is 13.7. The highest BCUT2D eigenvalue weighted by Crippen LogP contribution is 2.17. The van der Waals surface area contributed by atoms with E-state index in [-0.39, 0.29) is 29.7 Å². The predicted molar refractivity (Wildman–Crippen MR) is 78.2 cm³/mol. The van der Waals surface area contributed by atoms with Gasteiger partial charge in [0.05, 0.1) is 16.6 Å². The fourth-order valence-corrected chi connectivity index (χ4v) is 2.23. The van der Waals surface area contributed by atoms with Crippen molar-refractivity contribution in [3.05, 3.63) is 39.7 Å². The van der Waals surface area contributed by atoms with Crippen LogP contribution in [-0.2, 0) is 0 Å². The van der Waals surface area contributed by atoms with Crippen LogP contribution >= 0.6 is 12.4 Å². The molecule has 2 N–H and O–H groups in total. The Bertz CT molecular complexity index is 541. The van der Waals surface area contributed by atoms with Crippen molar-refractivity contribution in [1.82, 2.24) is 10.6 Å². The van der Waals surface area contributed by atoms with Gasteiger partial charge in [0, 0.05) is 18.7 Å². The Morgan fingerprint density at radius 3 is 2.81 bits per heavy atom. The van der Waals surface area contributed by atoms with Gasteiger partial charge in [-0.2, -0.15) is 0 Å². The fourth-order valence-electron chi connectivity index (χ4n) is 2.23. The van der Waals surface area contributed by atoms with Crippen LogP contribution in [0.2, 0.25) is 0 Å². The maximum absolute atomic E-state index is 13.7. The molecule has 2 rings (SSSR count). The van der Waals surface area contributed by atoms with Crippen molar-refractivity contribution in [3.8, 4) is 0 Å². The van der Waals surface area contributed by atoms with Crippen LogP contribution in [0.5, 0.6) is 0 Å². The monoisotopic (exact) mass is 317 g/mol. The minimum absolute atomic E-state index is 0. The Balaban J connectivity index is 0.00000220. The molecule has 0 spiro atoms. The van der Waals surface area contributed by atoms with Crippen molar-refractivity contribution in [2.75, 3.05) is 13.1 Å². The van der Waals surface area contributed by atoms with Crippen LogP contribution in [0.4, 0.5) is 10.1 Å². The maximum Gasteiger partial charge on any atom is 0.272 e. The summed E-state index contributed by atoms with van der Waals surface area (Å²) in [6, 6.07) is 2.97. The lowest BCUT2D eigenvalue weighted by Crippen LogP contribution is -2.50. The van der Waals surface area contributed by atoms with Gasteiger partial charge in [-0.05, 0) is 24.9 Å². The number of nitro groups is 1. The van der Waals surface area contributed by atoms with Gasteiger partial charge in [-0.25, -0.2) is 4.39 Å². The van der Waals surface area contributed by atoms with Gasteiger partial charge in [-0.15, -0.1) is 12.4 Å². The molecule has 1 amide bonds. The molecule has 6 nitrogen and oxygen atoms in total. The Morgan fingerprint density at radius 2 is 2.24 bits per heavy atom. The summed E-state index contributed by atoms with van der Waals surface area (Å²) in [5, 5.41) is 16.5. The van der Waals surface area contributed by atoms with Gasteiger partial charge in [0.25, 0.3) is 11.6 Å². The molecule has 0 aromatic heterocycles. The molecule has 0 aliphatic carbocycles. The van der Waals surface area contributed by atoms with E-state index in [2.05, 4.69) is 10.6 Å². The van der Waals surface area contributed by atoms with Crippen LogP contribution in [0.3, 0.4) is 0 Å². The molecule has 0 bridgehead atoms. The van der Waals surface area contributed by atoms with Crippen LogP contribution in [-0.4, -0.2) is 30.0 Å². The molecule has 2 unspecified atom stereocenters. The molecule has 1 saturated heterocycles. The quantitative estimate of drug-likeness (QED) is 0.658. The zero-order chi connectivity index (χ0) is 14.7. The summed E-state index contributed by atoms with van der Waals surface area (Å²) >= 11 is 0. The molecule has 21 heavy (non-hydrogen) atoms. The molecular formula is C13H17ClFN3O3. The van der Waals surface area contributed by atoms with Crippen molar-refractivity contribution in [2.45, 2.75) is 19.4 Å². The van der Waals surface area contributed by atoms with Gasteiger partial charge < -0.3 is 10.6 Å². The van der Waals surface area contributed by atoms with Crippen molar-refractivity contribution in [2.24, 2.45) is 5.92 Å². The Hall–Kier alpha value is -1.73. The lowest BCUT2D eigenvalue weighted by atomic mass is 9.94. The minimum Gasteiger partial charge on any atom is -0.348 e. The average molecular weight is 318 g/mol. The highest BCUT2D eigenvalue weighted by molar-refractivity contribution is 5.94. The first-order valence-electron chi connectivity index (χ1n) is 6.44.